The minimum absolute atomic E-state index is 0.0447. The molecule has 1 aliphatic heterocycles. The summed E-state index contributed by atoms with van der Waals surface area (Å²) >= 11 is 5.98. The lowest BCUT2D eigenvalue weighted by Crippen LogP contribution is -2.57. The topological polar surface area (TPSA) is 96.5 Å². The summed E-state index contributed by atoms with van der Waals surface area (Å²) in [6, 6.07) is 3.88. The van der Waals surface area contributed by atoms with E-state index in [0.29, 0.717) is 16.5 Å². The first-order valence-electron chi connectivity index (χ1n) is 6.65. The van der Waals surface area contributed by atoms with Gasteiger partial charge in [-0.2, -0.15) is 0 Å². The third-order valence-electron chi connectivity index (χ3n) is 3.38. The molecule has 3 N–H and O–H groups in total. The van der Waals surface area contributed by atoms with Gasteiger partial charge in [0, 0.05) is 18.2 Å². The SMILES string of the molecule is COc1ccc(NC(=O)CC2C(=O)NC(=O)NC2C)cc1Cl. The molecule has 2 rings (SSSR count). The van der Waals surface area contributed by atoms with Crippen LogP contribution in [0.2, 0.25) is 5.02 Å². The van der Waals surface area contributed by atoms with Gasteiger partial charge in [0.05, 0.1) is 18.1 Å². The molecule has 1 saturated heterocycles. The van der Waals surface area contributed by atoms with E-state index in [9.17, 15) is 14.4 Å². The van der Waals surface area contributed by atoms with Gasteiger partial charge in [-0.1, -0.05) is 11.6 Å². The molecule has 22 heavy (non-hydrogen) atoms. The quantitative estimate of drug-likeness (QED) is 0.782. The fourth-order valence-corrected chi connectivity index (χ4v) is 2.46. The van der Waals surface area contributed by atoms with E-state index in [1.165, 1.54) is 7.11 Å². The molecule has 0 radical (unpaired) electrons. The Labute approximate surface area is 132 Å². The number of carbonyl (C=O) groups is 3. The van der Waals surface area contributed by atoms with Crippen LogP contribution >= 0.6 is 11.6 Å². The molecule has 2 atom stereocenters. The lowest BCUT2D eigenvalue weighted by molar-refractivity contribution is -0.129. The summed E-state index contributed by atoms with van der Waals surface area (Å²) < 4.78 is 5.03. The largest absolute Gasteiger partial charge is 0.495 e. The molecule has 1 aliphatic rings. The third kappa shape index (κ3) is 3.67. The molecule has 7 nitrogen and oxygen atoms in total. The van der Waals surface area contributed by atoms with Gasteiger partial charge in [0.2, 0.25) is 11.8 Å². The molecule has 4 amide bonds. The summed E-state index contributed by atoms with van der Waals surface area (Å²) in [6.07, 6.45) is -0.0447. The number of ether oxygens (including phenoxy) is 1. The number of hydrogen-bond donors (Lipinski definition) is 3. The summed E-state index contributed by atoms with van der Waals surface area (Å²) in [5.74, 6) is -0.919. The van der Waals surface area contributed by atoms with E-state index in [1.807, 2.05) is 0 Å². The van der Waals surface area contributed by atoms with Crippen molar-refractivity contribution in [3.8, 4) is 5.75 Å². The average molecular weight is 326 g/mol. The zero-order chi connectivity index (χ0) is 16.3. The standard InChI is InChI=1S/C14H16ClN3O4/c1-7-9(13(20)18-14(21)16-7)6-12(19)17-8-3-4-11(22-2)10(15)5-8/h3-5,7,9H,6H2,1-2H3,(H,17,19)(H2,16,18,20,21). The van der Waals surface area contributed by atoms with Crippen molar-refractivity contribution in [3.63, 3.8) is 0 Å². The number of benzene rings is 1. The maximum atomic E-state index is 12.0. The molecule has 0 saturated carbocycles. The normalized spacial score (nSPS) is 20.9. The number of nitrogens with one attached hydrogen (secondary N) is 3. The number of halogens is 1. The number of rotatable bonds is 4. The number of amides is 4. The molecule has 1 heterocycles. The summed E-state index contributed by atoms with van der Waals surface area (Å²) in [4.78, 5) is 34.9. The first-order chi connectivity index (χ1) is 10.4. The molecule has 0 spiro atoms. The molecule has 0 bridgehead atoms. The van der Waals surface area contributed by atoms with Crippen molar-refractivity contribution in [1.82, 2.24) is 10.6 Å². The maximum absolute atomic E-state index is 12.0. The zero-order valence-electron chi connectivity index (χ0n) is 12.1. The van der Waals surface area contributed by atoms with Crippen molar-refractivity contribution in [2.45, 2.75) is 19.4 Å². The predicted molar refractivity (Wildman–Crippen MR) is 80.9 cm³/mol. The van der Waals surface area contributed by atoms with Gasteiger partial charge in [-0.25, -0.2) is 4.79 Å². The van der Waals surface area contributed by atoms with Crippen molar-refractivity contribution in [3.05, 3.63) is 23.2 Å². The fraction of sp³-hybridized carbons (Fsp3) is 0.357. The molecule has 0 aromatic heterocycles. The van der Waals surface area contributed by atoms with Gasteiger partial charge in [-0.15, -0.1) is 0 Å². The Morgan fingerprint density at radius 2 is 2.14 bits per heavy atom. The molecule has 1 aromatic rings. The van der Waals surface area contributed by atoms with Crippen LogP contribution < -0.4 is 20.7 Å². The van der Waals surface area contributed by atoms with Crippen LogP contribution in [0.5, 0.6) is 5.75 Å². The van der Waals surface area contributed by atoms with Gasteiger partial charge in [0.1, 0.15) is 5.75 Å². The van der Waals surface area contributed by atoms with Crippen LogP contribution in [-0.4, -0.2) is 31.0 Å². The lowest BCUT2D eigenvalue weighted by atomic mass is 9.94. The van der Waals surface area contributed by atoms with Gasteiger partial charge in [-0.3, -0.25) is 14.9 Å². The van der Waals surface area contributed by atoms with Crippen molar-refractivity contribution in [2.75, 3.05) is 12.4 Å². The Bertz CT molecular complexity index is 620. The van der Waals surface area contributed by atoms with Crippen LogP contribution in [0.3, 0.4) is 0 Å². The Kier molecular flexibility index (Phi) is 4.87. The molecular weight excluding hydrogens is 310 g/mol. The maximum Gasteiger partial charge on any atom is 0.321 e. The fourth-order valence-electron chi connectivity index (χ4n) is 2.20. The second-order valence-electron chi connectivity index (χ2n) is 4.96. The Balaban J connectivity index is 1.99. The molecule has 118 valence electrons. The summed E-state index contributed by atoms with van der Waals surface area (Å²) in [5, 5.41) is 7.74. The monoisotopic (exact) mass is 325 g/mol. The second kappa shape index (κ2) is 6.65. The van der Waals surface area contributed by atoms with E-state index in [4.69, 9.17) is 16.3 Å². The third-order valence-corrected chi connectivity index (χ3v) is 3.67. The van der Waals surface area contributed by atoms with Crippen LogP contribution in [-0.2, 0) is 9.59 Å². The molecule has 1 aromatic carbocycles. The highest BCUT2D eigenvalue weighted by atomic mass is 35.5. The molecule has 0 aliphatic carbocycles. The van der Waals surface area contributed by atoms with Crippen LogP contribution in [0.15, 0.2) is 18.2 Å². The van der Waals surface area contributed by atoms with Gasteiger partial charge >= 0.3 is 6.03 Å². The minimum Gasteiger partial charge on any atom is -0.495 e. The first-order valence-corrected chi connectivity index (χ1v) is 7.03. The molecule has 1 fully saturated rings. The Morgan fingerprint density at radius 1 is 1.41 bits per heavy atom. The van der Waals surface area contributed by atoms with E-state index in [1.54, 1.807) is 25.1 Å². The van der Waals surface area contributed by atoms with Gasteiger partial charge in [0.25, 0.3) is 0 Å². The van der Waals surface area contributed by atoms with E-state index in [2.05, 4.69) is 16.0 Å². The first kappa shape index (κ1) is 16.1. The van der Waals surface area contributed by atoms with Gasteiger partial charge in [0.15, 0.2) is 0 Å². The Morgan fingerprint density at radius 3 is 2.73 bits per heavy atom. The van der Waals surface area contributed by atoms with Gasteiger partial charge in [-0.05, 0) is 25.1 Å². The molecule has 2 unspecified atom stereocenters. The summed E-state index contributed by atoms with van der Waals surface area (Å²) in [6.45, 7) is 1.68. The highest BCUT2D eigenvalue weighted by Gasteiger charge is 2.34. The highest BCUT2D eigenvalue weighted by molar-refractivity contribution is 6.32. The van der Waals surface area contributed by atoms with Crippen LogP contribution in [0.1, 0.15) is 13.3 Å². The number of carbonyl (C=O) groups excluding carboxylic acids is 3. The van der Waals surface area contributed by atoms with E-state index in [-0.39, 0.29) is 12.3 Å². The minimum atomic E-state index is -0.619. The second-order valence-corrected chi connectivity index (χ2v) is 5.37. The van der Waals surface area contributed by atoms with E-state index >= 15 is 0 Å². The smallest absolute Gasteiger partial charge is 0.321 e. The zero-order valence-corrected chi connectivity index (χ0v) is 12.9. The highest BCUT2D eigenvalue weighted by Crippen LogP contribution is 2.27. The van der Waals surface area contributed by atoms with Crippen molar-refractivity contribution < 1.29 is 19.1 Å². The van der Waals surface area contributed by atoms with Crippen molar-refractivity contribution >= 4 is 35.1 Å². The number of anilines is 1. The van der Waals surface area contributed by atoms with Crippen LogP contribution in [0.25, 0.3) is 0 Å². The number of hydrogen-bond acceptors (Lipinski definition) is 4. The van der Waals surface area contributed by atoms with E-state index in [0.717, 1.165) is 0 Å². The molecule has 8 heteroatoms. The molecular formula is C14H16ClN3O4. The van der Waals surface area contributed by atoms with Crippen molar-refractivity contribution in [1.29, 1.82) is 0 Å². The van der Waals surface area contributed by atoms with Crippen molar-refractivity contribution in [2.24, 2.45) is 5.92 Å². The Hall–Kier alpha value is -2.28. The predicted octanol–water partition coefficient (Wildman–Crippen LogP) is 1.52. The van der Waals surface area contributed by atoms with Crippen LogP contribution in [0.4, 0.5) is 10.5 Å². The van der Waals surface area contributed by atoms with E-state index < -0.39 is 23.9 Å². The number of methoxy groups -OCH3 is 1. The summed E-state index contributed by atoms with van der Waals surface area (Å²) in [7, 11) is 1.50. The van der Waals surface area contributed by atoms with Gasteiger partial charge < -0.3 is 15.4 Å². The van der Waals surface area contributed by atoms with Crippen LogP contribution in [0, 0.1) is 5.92 Å². The number of imide groups is 1. The lowest BCUT2D eigenvalue weighted by Gasteiger charge is -2.28. The number of urea groups is 1. The summed E-state index contributed by atoms with van der Waals surface area (Å²) in [5.41, 5.74) is 0.503. The average Bonchev–Trinajstić information content (AvgIpc) is 2.43.